The summed E-state index contributed by atoms with van der Waals surface area (Å²) in [7, 11) is 0. The van der Waals surface area contributed by atoms with Gasteiger partial charge in [0.15, 0.2) is 0 Å². The third-order valence-electron chi connectivity index (χ3n) is 2.12. The van der Waals surface area contributed by atoms with Crippen molar-refractivity contribution >= 4 is 0 Å². The van der Waals surface area contributed by atoms with Crippen molar-refractivity contribution in [2.75, 3.05) is 0 Å². The van der Waals surface area contributed by atoms with Crippen LogP contribution in [0.3, 0.4) is 0 Å². The van der Waals surface area contributed by atoms with Crippen LogP contribution in [0.25, 0.3) is 0 Å². The van der Waals surface area contributed by atoms with Gasteiger partial charge in [-0.05, 0) is 6.42 Å². The number of rotatable bonds is 8. The molecular weight excluding hydrogens is 148 g/mol. The summed E-state index contributed by atoms with van der Waals surface area (Å²) in [6.45, 7) is 5.93. The van der Waals surface area contributed by atoms with E-state index >= 15 is 0 Å². The zero-order chi connectivity index (χ0) is 9.23. The first-order valence-corrected chi connectivity index (χ1v) is 4.93. The van der Waals surface area contributed by atoms with Crippen LogP contribution in [0.4, 0.5) is 0 Å². The Morgan fingerprint density at radius 3 is 2.50 bits per heavy atom. The van der Waals surface area contributed by atoms with Crippen molar-refractivity contribution in [3.05, 3.63) is 12.7 Å². The summed E-state index contributed by atoms with van der Waals surface area (Å²) in [6.07, 6.45) is 9.57. The number of hydrogen-bond donors (Lipinski definition) is 2. The van der Waals surface area contributed by atoms with Gasteiger partial charge < -0.3 is 0 Å². The second kappa shape index (κ2) is 8.75. The van der Waals surface area contributed by atoms with E-state index in [9.17, 15) is 0 Å². The molecule has 0 radical (unpaired) electrons. The van der Waals surface area contributed by atoms with Gasteiger partial charge in [-0.1, -0.05) is 45.1 Å². The smallest absolute Gasteiger partial charge is 0.0387 e. The van der Waals surface area contributed by atoms with Crippen molar-refractivity contribution < 1.29 is 0 Å². The number of nitrogens with two attached hydrogens (primary N) is 1. The van der Waals surface area contributed by atoms with Crippen molar-refractivity contribution in [3.8, 4) is 0 Å². The Hall–Kier alpha value is -0.340. The number of unbranched alkanes of at least 4 members (excludes halogenated alkanes) is 4. The molecule has 0 spiro atoms. The van der Waals surface area contributed by atoms with Crippen LogP contribution in [-0.2, 0) is 0 Å². The molecule has 0 aromatic carbocycles. The van der Waals surface area contributed by atoms with Gasteiger partial charge in [-0.3, -0.25) is 11.3 Å². The van der Waals surface area contributed by atoms with Gasteiger partial charge in [-0.15, -0.1) is 6.58 Å². The molecule has 0 aliphatic rings. The Balaban J connectivity index is 3.12. The van der Waals surface area contributed by atoms with Gasteiger partial charge in [0.1, 0.15) is 0 Å². The molecule has 0 bridgehead atoms. The molecule has 0 amide bonds. The summed E-state index contributed by atoms with van der Waals surface area (Å²) in [5.41, 5.74) is 2.72. The molecule has 0 aliphatic carbocycles. The van der Waals surface area contributed by atoms with E-state index < -0.39 is 0 Å². The first-order valence-electron chi connectivity index (χ1n) is 4.93. The zero-order valence-corrected chi connectivity index (χ0v) is 8.18. The van der Waals surface area contributed by atoms with Gasteiger partial charge >= 0.3 is 0 Å². The third kappa shape index (κ3) is 6.38. The quantitative estimate of drug-likeness (QED) is 0.254. The predicted octanol–water partition coefficient (Wildman–Crippen LogP) is 2.36. The molecule has 0 aromatic heterocycles. The van der Waals surface area contributed by atoms with E-state index in [0.29, 0.717) is 6.04 Å². The molecule has 0 heterocycles. The van der Waals surface area contributed by atoms with E-state index in [2.05, 4.69) is 18.9 Å². The molecule has 0 fully saturated rings. The lowest BCUT2D eigenvalue weighted by atomic mass is 10.1. The number of hydrazine groups is 1. The fourth-order valence-electron chi connectivity index (χ4n) is 1.24. The fourth-order valence-corrected chi connectivity index (χ4v) is 1.24. The van der Waals surface area contributed by atoms with Gasteiger partial charge in [0, 0.05) is 6.04 Å². The maximum atomic E-state index is 5.30. The fraction of sp³-hybridized carbons (Fsp3) is 0.800. The van der Waals surface area contributed by atoms with Gasteiger partial charge in [0.25, 0.3) is 0 Å². The maximum Gasteiger partial charge on any atom is 0.0387 e. The molecule has 0 saturated heterocycles. The van der Waals surface area contributed by atoms with Crippen molar-refractivity contribution in [3.63, 3.8) is 0 Å². The SMILES string of the molecule is C=CC(CCCCCCC)NN. The summed E-state index contributed by atoms with van der Waals surface area (Å²) in [6, 6.07) is 0.298. The predicted molar refractivity (Wildman–Crippen MR) is 54.7 cm³/mol. The van der Waals surface area contributed by atoms with Crippen LogP contribution in [0.2, 0.25) is 0 Å². The molecule has 2 heteroatoms. The van der Waals surface area contributed by atoms with Gasteiger partial charge in [-0.25, -0.2) is 0 Å². The van der Waals surface area contributed by atoms with Crippen molar-refractivity contribution in [1.29, 1.82) is 0 Å². The van der Waals surface area contributed by atoms with E-state index in [1.54, 1.807) is 0 Å². The van der Waals surface area contributed by atoms with Crippen LogP contribution in [-0.4, -0.2) is 6.04 Å². The maximum absolute atomic E-state index is 5.30. The lowest BCUT2D eigenvalue weighted by Crippen LogP contribution is -2.33. The largest absolute Gasteiger partial charge is 0.271 e. The first kappa shape index (κ1) is 11.7. The van der Waals surface area contributed by atoms with Crippen molar-refractivity contribution in [2.45, 2.75) is 51.5 Å². The third-order valence-corrected chi connectivity index (χ3v) is 2.12. The van der Waals surface area contributed by atoms with Gasteiger partial charge in [0.05, 0.1) is 0 Å². The number of nitrogens with one attached hydrogen (secondary N) is 1. The van der Waals surface area contributed by atoms with Crippen LogP contribution < -0.4 is 11.3 Å². The van der Waals surface area contributed by atoms with E-state index in [4.69, 9.17) is 5.84 Å². The summed E-state index contributed by atoms with van der Waals surface area (Å²) in [5, 5.41) is 0. The molecule has 72 valence electrons. The normalized spacial score (nSPS) is 12.8. The Morgan fingerprint density at radius 1 is 1.33 bits per heavy atom. The lowest BCUT2D eigenvalue weighted by molar-refractivity contribution is 0.524. The van der Waals surface area contributed by atoms with Crippen LogP contribution in [0.1, 0.15) is 45.4 Å². The van der Waals surface area contributed by atoms with Crippen LogP contribution >= 0.6 is 0 Å². The highest BCUT2D eigenvalue weighted by Crippen LogP contribution is 2.06. The van der Waals surface area contributed by atoms with E-state index in [1.807, 2.05) is 6.08 Å². The second-order valence-corrected chi connectivity index (χ2v) is 3.21. The topological polar surface area (TPSA) is 38.0 Å². The van der Waals surface area contributed by atoms with Crippen LogP contribution in [0, 0.1) is 0 Å². The molecule has 0 rings (SSSR count). The van der Waals surface area contributed by atoms with Gasteiger partial charge in [-0.2, -0.15) is 0 Å². The zero-order valence-electron chi connectivity index (χ0n) is 8.18. The van der Waals surface area contributed by atoms with Gasteiger partial charge in [0.2, 0.25) is 0 Å². The molecule has 0 aliphatic heterocycles. The minimum Gasteiger partial charge on any atom is -0.271 e. The summed E-state index contributed by atoms with van der Waals surface area (Å²) < 4.78 is 0. The second-order valence-electron chi connectivity index (χ2n) is 3.21. The molecule has 0 saturated carbocycles. The van der Waals surface area contributed by atoms with E-state index in [-0.39, 0.29) is 0 Å². The average Bonchev–Trinajstić information content (AvgIpc) is 2.11. The molecular formula is C10H22N2. The van der Waals surface area contributed by atoms with E-state index in [1.165, 1.54) is 32.1 Å². The minimum absolute atomic E-state index is 0.298. The van der Waals surface area contributed by atoms with Crippen molar-refractivity contribution in [2.24, 2.45) is 5.84 Å². The minimum atomic E-state index is 0.298. The summed E-state index contributed by atoms with van der Waals surface area (Å²) in [4.78, 5) is 0. The standard InChI is InChI=1S/C10H22N2/c1-3-5-6-7-8-9-10(4-2)12-11/h4,10,12H,2-3,5-9,11H2,1H3. The number of hydrogen-bond acceptors (Lipinski definition) is 2. The highest BCUT2D eigenvalue weighted by molar-refractivity contribution is 4.83. The van der Waals surface area contributed by atoms with Crippen LogP contribution in [0.15, 0.2) is 12.7 Å². The summed E-state index contributed by atoms with van der Waals surface area (Å²) >= 11 is 0. The van der Waals surface area contributed by atoms with Crippen LogP contribution in [0.5, 0.6) is 0 Å². The average molecular weight is 170 g/mol. The molecule has 12 heavy (non-hydrogen) atoms. The summed E-state index contributed by atoms with van der Waals surface area (Å²) in [5.74, 6) is 5.30. The Kier molecular flexibility index (Phi) is 8.51. The molecule has 0 aromatic rings. The first-order chi connectivity index (χ1) is 5.85. The monoisotopic (exact) mass is 170 g/mol. The highest BCUT2D eigenvalue weighted by atomic mass is 15.2. The Morgan fingerprint density at radius 2 is 2.00 bits per heavy atom. The lowest BCUT2D eigenvalue weighted by Gasteiger charge is -2.09. The Labute approximate surface area is 76.2 Å². The molecule has 3 N–H and O–H groups in total. The Bertz CT molecular complexity index is 102. The molecule has 2 nitrogen and oxygen atoms in total. The van der Waals surface area contributed by atoms with E-state index in [0.717, 1.165) is 6.42 Å². The van der Waals surface area contributed by atoms with Crippen molar-refractivity contribution in [1.82, 2.24) is 5.43 Å². The molecule has 1 unspecified atom stereocenters. The molecule has 1 atom stereocenters. The highest BCUT2D eigenvalue weighted by Gasteiger charge is 1.98.